The Labute approximate surface area is 116 Å². The van der Waals surface area contributed by atoms with Gasteiger partial charge in [0.25, 0.3) is 0 Å². The second-order valence-corrected chi connectivity index (χ2v) is 5.10. The van der Waals surface area contributed by atoms with Crippen LogP contribution in [0.1, 0.15) is 31.6 Å². The Bertz CT molecular complexity index is 620. The van der Waals surface area contributed by atoms with E-state index in [0.717, 1.165) is 18.4 Å². The molecule has 5 nitrogen and oxygen atoms in total. The molecule has 100 valence electrons. The zero-order valence-corrected chi connectivity index (χ0v) is 11.4. The summed E-state index contributed by atoms with van der Waals surface area (Å²) < 4.78 is 1.82. The van der Waals surface area contributed by atoms with Gasteiger partial charge in [0.1, 0.15) is 17.4 Å². The van der Waals surface area contributed by atoms with Crippen molar-refractivity contribution in [3.8, 4) is 0 Å². The quantitative estimate of drug-likeness (QED) is 0.871. The minimum atomic E-state index is -0.353. The minimum absolute atomic E-state index is 0.00109. The lowest BCUT2D eigenvalue weighted by molar-refractivity contribution is -0.124. The van der Waals surface area contributed by atoms with Gasteiger partial charge in [-0.2, -0.15) is 0 Å². The summed E-state index contributed by atoms with van der Waals surface area (Å²) in [7, 11) is 0. The van der Waals surface area contributed by atoms with E-state index in [-0.39, 0.29) is 17.8 Å². The number of hydrogen-bond acceptors (Lipinski definition) is 3. The molecule has 1 aliphatic rings. The van der Waals surface area contributed by atoms with Gasteiger partial charge in [-0.25, -0.2) is 9.97 Å². The molecule has 2 heterocycles. The monoisotopic (exact) mass is 278 g/mol. The molecule has 2 aromatic rings. The molecule has 1 aliphatic carbocycles. The number of aromatic nitrogens is 3. The summed E-state index contributed by atoms with van der Waals surface area (Å²) in [6.07, 6.45) is 3.84. The van der Waals surface area contributed by atoms with Crippen LogP contribution in [0.2, 0.25) is 0 Å². The van der Waals surface area contributed by atoms with Crippen molar-refractivity contribution in [2.45, 2.75) is 37.7 Å². The SMILES string of the molecule is CC(C(=O)NC1CC1)n1c(CCl)nc2cccnc21. The molecule has 0 saturated heterocycles. The van der Waals surface area contributed by atoms with Gasteiger partial charge < -0.3 is 5.32 Å². The van der Waals surface area contributed by atoms with Crippen molar-refractivity contribution in [3.05, 3.63) is 24.2 Å². The van der Waals surface area contributed by atoms with Crippen LogP contribution in [-0.2, 0) is 10.7 Å². The third-order valence-corrected chi connectivity index (χ3v) is 3.57. The number of halogens is 1. The van der Waals surface area contributed by atoms with Crippen LogP contribution in [0.5, 0.6) is 0 Å². The lowest BCUT2D eigenvalue weighted by Crippen LogP contribution is -2.33. The van der Waals surface area contributed by atoms with Crippen LogP contribution in [0.4, 0.5) is 0 Å². The molecule has 1 fully saturated rings. The average molecular weight is 279 g/mol. The number of pyridine rings is 1. The highest BCUT2D eigenvalue weighted by atomic mass is 35.5. The summed E-state index contributed by atoms with van der Waals surface area (Å²) in [4.78, 5) is 20.9. The molecule has 0 aliphatic heterocycles. The Kier molecular flexibility index (Phi) is 3.14. The fraction of sp³-hybridized carbons (Fsp3) is 0.462. The molecule has 1 unspecified atom stereocenters. The Morgan fingerprint density at radius 2 is 2.42 bits per heavy atom. The van der Waals surface area contributed by atoms with Gasteiger partial charge in [0.2, 0.25) is 5.91 Å². The fourth-order valence-electron chi connectivity index (χ4n) is 2.14. The predicted octanol–water partition coefficient (Wildman–Crippen LogP) is 2.01. The van der Waals surface area contributed by atoms with E-state index in [1.54, 1.807) is 6.20 Å². The number of nitrogens with zero attached hydrogens (tertiary/aromatic N) is 3. The van der Waals surface area contributed by atoms with E-state index < -0.39 is 0 Å². The van der Waals surface area contributed by atoms with E-state index in [9.17, 15) is 4.79 Å². The van der Waals surface area contributed by atoms with Gasteiger partial charge in [-0.1, -0.05) is 0 Å². The molecule has 2 aromatic heterocycles. The first-order chi connectivity index (χ1) is 9.20. The van der Waals surface area contributed by atoms with E-state index in [1.807, 2.05) is 23.6 Å². The van der Waals surface area contributed by atoms with Crippen molar-refractivity contribution in [2.75, 3.05) is 0 Å². The van der Waals surface area contributed by atoms with Gasteiger partial charge in [0, 0.05) is 12.2 Å². The molecule has 0 bridgehead atoms. The van der Waals surface area contributed by atoms with Crippen molar-refractivity contribution in [1.29, 1.82) is 0 Å². The summed E-state index contributed by atoms with van der Waals surface area (Å²) in [5.74, 6) is 0.935. The first kappa shape index (κ1) is 12.4. The molecule has 1 amide bonds. The topological polar surface area (TPSA) is 59.8 Å². The van der Waals surface area contributed by atoms with E-state index in [4.69, 9.17) is 11.6 Å². The Morgan fingerprint density at radius 3 is 3.11 bits per heavy atom. The summed E-state index contributed by atoms with van der Waals surface area (Å²) in [5.41, 5.74) is 1.47. The minimum Gasteiger partial charge on any atom is -0.352 e. The number of amides is 1. The first-order valence-corrected chi connectivity index (χ1v) is 6.92. The molecule has 0 radical (unpaired) electrons. The van der Waals surface area contributed by atoms with Crippen LogP contribution in [0.3, 0.4) is 0 Å². The fourth-order valence-corrected chi connectivity index (χ4v) is 2.33. The maximum atomic E-state index is 12.2. The summed E-state index contributed by atoms with van der Waals surface area (Å²) in [6, 6.07) is 3.69. The van der Waals surface area contributed by atoms with Crippen molar-refractivity contribution in [2.24, 2.45) is 0 Å². The van der Waals surface area contributed by atoms with Crippen molar-refractivity contribution >= 4 is 28.7 Å². The standard InChI is InChI=1S/C13H15ClN4O/c1-8(13(19)16-9-4-5-9)18-11(7-14)17-10-3-2-6-15-12(10)18/h2-3,6,8-9H,4-5,7H2,1H3,(H,16,19). The van der Waals surface area contributed by atoms with E-state index >= 15 is 0 Å². The Hall–Kier alpha value is -1.62. The summed E-state index contributed by atoms with van der Waals surface area (Å²) in [6.45, 7) is 1.85. The van der Waals surface area contributed by atoms with Gasteiger partial charge >= 0.3 is 0 Å². The van der Waals surface area contributed by atoms with Gasteiger partial charge in [-0.15, -0.1) is 11.6 Å². The second-order valence-electron chi connectivity index (χ2n) is 4.84. The van der Waals surface area contributed by atoms with Crippen LogP contribution in [-0.4, -0.2) is 26.5 Å². The zero-order chi connectivity index (χ0) is 13.4. The van der Waals surface area contributed by atoms with Crippen molar-refractivity contribution in [1.82, 2.24) is 19.9 Å². The molecule has 1 atom stereocenters. The highest BCUT2D eigenvalue weighted by Gasteiger charge is 2.28. The molecule has 0 spiro atoms. The van der Waals surface area contributed by atoms with Gasteiger partial charge in [0.15, 0.2) is 5.65 Å². The molecule has 0 aromatic carbocycles. The van der Waals surface area contributed by atoms with Crippen LogP contribution in [0.25, 0.3) is 11.2 Å². The number of fused-ring (bicyclic) bond motifs is 1. The average Bonchev–Trinajstić information content (AvgIpc) is 3.15. The zero-order valence-electron chi connectivity index (χ0n) is 10.6. The number of alkyl halides is 1. The smallest absolute Gasteiger partial charge is 0.243 e. The molecule has 1 N–H and O–H groups in total. The van der Waals surface area contributed by atoms with Crippen LogP contribution >= 0.6 is 11.6 Å². The van der Waals surface area contributed by atoms with Crippen LogP contribution < -0.4 is 5.32 Å². The van der Waals surface area contributed by atoms with E-state index in [2.05, 4.69) is 15.3 Å². The third-order valence-electron chi connectivity index (χ3n) is 3.33. The van der Waals surface area contributed by atoms with E-state index in [0.29, 0.717) is 17.5 Å². The van der Waals surface area contributed by atoms with Crippen molar-refractivity contribution in [3.63, 3.8) is 0 Å². The number of imidazole rings is 1. The normalized spacial score (nSPS) is 16.5. The lowest BCUT2D eigenvalue weighted by atomic mass is 10.3. The van der Waals surface area contributed by atoms with Crippen molar-refractivity contribution < 1.29 is 4.79 Å². The molecule has 1 saturated carbocycles. The predicted molar refractivity (Wildman–Crippen MR) is 73.0 cm³/mol. The maximum absolute atomic E-state index is 12.2. The van der Waals surface area contributed by atoms with Gasteiger partial charge in [0.05, 0.1) is 5.88 Å². The number of carbonyl (C=O) groups is 1. The highest BCUT2D eigenvalue weighted by molar-refractivity contribution is 6.16. The number of nitrogens with one attached hydrogen (secondary N) is 1. The number of carbonyl (C=O) groups excluding carboxylic acids is 1. The Balaban J connectivity index is 1.99. The highest BCUT2D eigenvalue weighted by Crippen LogP contribution is 2.23. The maximum Gasteiger partial charge on any atom is 0.243 e. The third kappa shape index (κ3) is 2.30. The first-order valence-electron chi connectivity index (χ1n) is 6.39. The largest absolute Gasteiger partial charge is 0.352 e. The molecule has 3 rings (SSSR count). The molecule has 6 heteroatoms. The lowest BCUT2D eigenvalue weighted by Gasteiger charge is -2.15. The molecular formula is C13H15ClN4O. The number of hydrogen-bond donors (Lipinski definition) is 1. The molecule has 19 heavy (non-hydrogen) atoms. The second kappa shape index (κ2) is 4.81. The Morgan fingerprint density at radius 1 is 1.63 bits per heavy atom. The van der Waals surface area contributed by atoms with Crippen LogP contribution in [0.15, 0.2) is 18.3 Å². The van der Waals surface area contributed by atoms with Gasteiger partial charge in [-0.05, 0) is 31.9 Å². The molecular weight excluding hydrogens is 264 g/mol. The van der Waals surface area contributed by atoms with E-state index in [1.165, 1.54) is 0 Å². The summed E-state index contributed by atoms with van der Waals surface area (Å²) >= 11 is 5.93. The summed E-state index contributed by atoms with van der Waals surface area (Å²) in [5, 5.41) is 3.00. The number of rotatable bonds is 4. The van der Waals surface area contributed by atoms with Crippen LogP contribution in [0, 0.1) is 0 Å². The van der Waals surface area contributed by atoms with Gasteiger partial charge in [-0.3, -0.25) is 9.36 Å².